The molecular formula is C11H16N4O2. The zero-order valence-corrected chi connectivity index (χ0v) is 10.4. The normalized spacial score (nSPS) is 11.7. The van der Waals surface area contributed by atoms with Crippen LogP contribution in [0.25, 0.3) is 0 Å². The van der Waals surface area contributed by atoms with E-state index in [1.807, 2.05) is 6.92 Å². The molecule has 0 spiro atoms. The van der Waals surface area contributed by atoms with Crippen molar-refractivity contribution in [3.05, 3.63) is 11.3 Å². The number of aromatic nitrogens is 2. The van der Waals surface area contributed by atoms with Crippen molar-refractivity contribution in [1.29, 1.82) is 5.26 Å². The second-order valence-corrected chi connectivity index (χ2v) is 3.67. The van der Waals surface area contributed by atoms with Crippen LogP contribution >= 0.6 is 0 Å². The zero-order chi connectivity index (χ0) is 13.0. The van der Waals surface area contributed by atoms with Gasteiger partial charge < -0.3 is 10.1 Å². The van der Waals surface area contributed by atoms with Gasteiger partial charge in [-0.15, -0.1) is 0 Å². The van der Waals surface area contributed by atoms with Crippen LogP contribution < -0.4 is 5.32 Å². The molecule has 92 valence electrons. The molecule has 0 aliphatic heterocycles. The van der Waals surface area contributed by atoms with Crippen molar-refractivity contribution in [2.45, 2.75) is 26.3 Å². The smallest absolute Gasteiger partial charge is 0.328 e. The molecule has 0 bridgehead atoms. The van der Waals surface area contributed by atoms with Crippen LogP contribution in [0.4, 0.5) is 5.82 Å². The number of rotatable bonds is 4. The van der Waals surface area contributed by atoms with E-state index in [0.717, 1.165) is 0 Å². The number of nitriles is 1. The van der Waals surface area contributed by atoms with Crippen LogP contribution in [0.15, 0.2) is 0 Å². The third-order valence-electron chi connectivity index (χ3n) is 2.54. The Morgan fingerprint density at radius 2 is 2.35 bits per heavy atom. The predicted molar refractivity (Wildman–Crippen MR) is 62.4 cm³/mol. The third kappa shape index (κ3) is 2.56. The Labute approximate surface area is 100 Å². The summed E-state index contributed by atoms with van der Waals surface area (Å²) < 4.78 is 6.24. The monoisotopic (exact) mass is 236 g/mol. The van der Waals surface area contributed by atoms with Gasteiger partial charge in [-0.3, -0.25) is 4.68 Å². The lowest BCUT2D eigenvalue weighted by Gasteiger charge is -2.15. The van der Waals surface area contributed by atoms with Crippen molar-refractivity contribution >= 4 is 11.8 Å². The lowest BCUT2D eigenvalue weighted by Crippen LogP contribution is -2.31. The van der Waals surface area contributed by atoms with Crippen molar-refractivity contribution in [3.8, 4) is 6.07 Å². The minimum atomic E-state index is -0.470. The molecule has 1 N–H and O–H groups in total. The van der Waals surface area contributed by atoms with Crippen molar-refractivity contribution < 1.29 is 9.53 Å². The fourth-order valence-electron chi connectivity index (χ4n) is 1.59. The Bertz CT molecular complexity index is 459. The van der Waals surface area contributed by atoms with Gasteiger partial charge in [0, 0.05) is 7.05 Å². The highest BCUT2D eigenvalue weighted by atomic mass is 16.5. The fourth-order valence-corrected chi connectivity index (χ4v) is 1.59. The van der Waals surface area contributed by atoms with Crippen molar-refractivity contribution in [2.75, 3.05) is 12.4 Å². The van der Waals surface area contributed by atoms with E-state index in [0.29, 0.717) is 23.5 Å². The first-order chi connectivity index (χ1) is 8.04. The molecular weight excluding hydrogens is 220 g/mol. The van der Waals surface area contributed by atoms with E-state index in [9.17, 15) is 4.79 Å². The number of anilines is 1. The number of carbonyl (C=O) groups excluding carboxylic acids is 1. The molecule has 1 aromatic heterocycles. The zero-order valence-electron chi connectivity index (χ0n) is 10.4. The van der Waals surface area contributed by atoms with Gasteiger partial charge in [-0.1, -0.05) is 6.92 Å². The minimum Gasteiger partial charge on any atom is -0.467 e. The van der Waals surface area contributed by atoms with Gasteiger partial charge in [-0.25, -0.2) is 4.79 Å². The molecule has 6 heteroatoms. The van der Waals surface area contributed by atoms with Crippen molar-refractivity contribution in [2.24, 2.45) is 7.05 Å². The van der Waals surface area contributed by atoms with Crippen LogP contribution in [0, 0.1) is 18.3 Å². The van der Waals surface area contributed by atoms with Crippen LogP contribution in [0.2, 0.25) is 0 Å². The molecule has 1 aromatic rings. The number of hydrogen-bond donors (Lipinski definition) is 1. The van der Waals surface area contributed by atoms with Gasteiger partial charge in [0.05, 0.1) is 12.8 Å². The Balaban J connectivity index is 3.02. The molecule has 1 unspecified atom stereocenters. The van der Waals surface area contributed by atoms with Crippen molar-refractivity contribution in [1.82, 2.24) is 9.78 Å². The van der Waals surface area contributed by atoms with Crippen LogP contribution in [0.5, 0.6) is 0 Å². The van der Waals surface area contributed by atoms with E-state index < -0.39 is 6.04 Å². The fraction of sp³-hybridized carbons (Fsp3) is 0.545. The Kier molecular flexibility index (Phi) is 4.10. The number of nitrogens with one attached hydrogen (secondary N) is 1. The van der Waals surface area contributed by atoms with E-state index in [1.165, 1.54) is 7.11 Å². The number of hydrogen-bond acceptors (Lipinski definition) is 5. The Morgan fingerprint density at radius 3 is 2.82 bits per heavy atom. The van der Waals surface area contributed by atoms with Crippen molar-refractivity contribution in [3.63, 3.8) is 0 Å². The SMILES string of the molecule is CCC(Nc1c(C#N)c(C)nn1C)C(=O)OC. The highest BCUT2D eigenvalue weighted by Crippen LogP contribution is 2.19. The van der Waals surface area contributed by atoms with E-state index in [-0.39, 0.29) is 5.97 Å². The van der Waals surface area contributed by atoms with E-state index >= 15 is 0 Å². The molecule has 0 saturated carbocycles. The average Bonchev–Trinajstić information content (AvgIpc) is 2.59. The Hall–Kier alpha value is -2.03. The molecule has 1 heterocycles. The highest BCUT2D eigenvalue weighted by Gasteiger charge is 2.21. The molecule has 1 rings (SSSR count). The molecule has 0 fully saturated rings. The molecule has 0 aliphatic rings. The number of ether oxygens (including phenoxy) is 1. The molecule has 6 nitrogen and oxygen atoms in total. The summed E-state index contributed by atoms with van der Waals surface area (Å²) >= 11 is 0. The summed E-state index contributed by atoms with van der Waals surface area (Å²) in [5, 5.41) is 16.2. The van der Waals surface area contributed by atoms with Crippen LogP contribution in [-0.2, 0) is 16.6 Å². The van der Waals surface area contributed by atoms with Gasteiger partial charge >= 0.3 is 5.97 Å². The molecule has 0 aliphatic carbocycles. The summed E-state index contributed by atoms with van der Waals surface area (Å²) in [5.41, 5.74) is 1.09. The maximum Gasteiger partial charge on any atom is 0.328 e. The van der Waals surface area contributed by atoms with Gasteiger partial charge in [0.1, 0.15) is 23.5 Å². The van der Waals surface area contributed by atoms with Gasteiger partial charge in [0.25, 0.3) is 0 Å². The third-order valence-corrected chi connectivity index (χ3v) is 2.54. The van der Waals surface area contributed by atoms with E-state index in [1.54, 1.807) is 18.7 Å². The van der Waals surface area contributed by atoms with Crippen LogP contribution in [0.1, 0.15) is 24.6 Å². The first-order valence-electron chi connectivity index (χ1n) is 5.33. The lowest BCUT2D eigenvalue weighted by molar-refractivity contribution is -0.141. The second-order valence-electron chi connectivity index (χ2n) is 3.67. The molecule has 1 atom stereocenters. The summed E-state index contributed by atoms with van der Waals surface area (Å²) in [6.07, 6.45) is 0.571. The highest BCUT2D eigenvalue weighted by molar-refractivity contribution is 5.79. The molecule has 0 aromatic carbocycles. The summed E-state index contributed by atoms with van der Waals surface area (Å²) in [6, 6.07) is 1.60. The van der Waals surface area contributed by atoms with Gasteiger partial charge in [-0.2, -0.15) is 10.4 Å². The summed E-state index contributed by atoms with van der Waals surface area (Å²) in [5.74, 6) is 0.192. The van der Waals surface area contributed by atoms with E-state index in [2.05, 4.69) is 21.2 Å². The molecule has 17 heavy (non-hydrogen) atoms. The van der Waals surface area contributed by atoms with E-state index in [4.69, 9.17) is 5.26 Å². The van der Waals surface area contributed by atoms with Gasteiger partial charge in [-0.05, 0) is 13.3 Å². The summed E-state index contributed by atoms with van der Waals surface area (Å²) in [7, 11) is 3.06. The quantitative estimate of drug-likeness (QED) is 0.788. The number of methoxy groups -OCH3 is 1. The van der Waals surface area contributed by atoms with Gasteiger partial charge in [0.2, 0.25) is 0 Å². The number of esters is 1. The largest absolute Gasteiger partial charge is 0.467 e. The van der Waals surface area contributed by atoms with Crippen LogP contribution in [0.3, 0.4) is 0 Å². The molecule has 0 saturated heterocycles. The first-order valence-corrected chi connectivity index (χ1v) is 5.33. The molecule has 0 amide bonds. The second kappa shape index (κ2) is 5.34. The Morgan fingerprint density at radius 1 is 1.71 bits per heavy atom. The molecule has 0 radical (unpaired) electrons. The maximum atomic E-state index is 11.5. The topological polar surface area (TPSA) is 79.9 Å². The number of nitrogens with zero attached hydrogens (tertiary/aromatic N) is 3. The number of carbonyl (C=O) groups is 1. The van der Waals surface area contributed by atoms with Crippen LogP contribution in [-0.4, -0.2) is 28.9 Å². The number of aryl methyl sites for hydroxylation is 2. The standard InChI is InChI=1S/C11H16N4O2/c1-5-9(11(16)17-4)13-10-8(6-12)7(2)14-15(10)3/h9,13H,5H2,1-4H3. The lowest BCUT2D eigenvalue weighted by atomic mass is 10.2. The predicted octanol–water partition coefficient (Wildman–Crippen LogP) is 0.964. The minimum absolute atomic E-state index is 0.352. The summed E-state index contributed by atoms with van der Waals surface area (Å²) in [6.45, 7) is 3.62. The van der Waals surface area contributed by atoms with Gasteiger partial charge in [0.15, 0.2) is 0 Å². The first kappa shape index (κ1) is 13.0. The summed E-state index contributed by atoms with van der Waals surface area (Å²) in [4.78, 5) is 11.5. The maximum absolute atomic E-state index is 11.5. The average molecular weight is 236 g/mol.